The van der Waals surface area contributed by atoms with Crippen LogP contribution in [0.4, 0.5) is 0 Å². The van der Waals surface area contributed by atoms with Gasteiger partial charge in [0.2, 0.25) is 0 Å². The van der Waals surface area contributed by atoms with E-state index in [9.17, 15) is 0 Å². The van der Waals surface area contributed by atoms with E-state index in [2.05, 4.69) is 52.3 Å². The first-order chi connectivity index (χ1) is 12.9. The van der Waals surface area contributed by atoms with E-state index in [0.717, 1.165) is 30.7 Å². The fraction of sp³-hybridized carbons (Fsp3) is 0.391. The highest BCUT2D eigenvalue weighted by atomic mass is 79.9. The Hall–Kier alpha value is -1.58. The van der Waals surface area contributed by atoms with Crippen LogP contribution < -0.4 is 4.74 Å². The molecule has 26 heavy (non-hydrogen) atoms. The fourth-order valence-electron chi connectivity index (χ4n) is 2.54. The van der Waals surface area contributed by atoms with Crippen molar-refractivity contribution in [2.75, 3.05) is 18.5 Å². The van der Waals surface area contributed by atoms with Crippen LogP contribution in [0.1, 0.15) is 43.2 Å². The standard InChI is InChI=1S/C23H29BrO2/c24-17-7-1-2-8-18-25-19-9-6-10-21-13-15-23(16-14-21)26-20-22-11-4-3-5-12-22/h3-6,10-16H,1-2,7-9,17-20H2. The Labute approximate surface area is 166 Å². The molecule has 0 aliphatic carbocycles. The summed E-state index contributed by atoms with van der Waals surface area (Å²) < 4.78 is 11.5. The lowest BCUT2D eigenvalue weighted by molar-refractivity contribution is 0.134. The Morgan fingerprint density at radius 2 is 1.58 bits per heavy atom. The van der Waals surface area contributed by atoms with Gasteiger partial charge in [0.25, 0.3) is 0 Å². The van der Waals surface area contributed by atoms with Gasteiger partial charge in [-0.2, -0.15) is 0 Å². The summed E-state index contributed by atoms with van der Waals surface area (Å²) in [5.41, 5.74) is 2.37. The Balaban J connectivity index is 1.57. The summed E-state index contributed by atoms with van der Waals surface area (Å²) in [5, 5.41) is 1.11. The first-order valence-corrected chi connectivity index (χ1v) is 10.6. The van der Waals surface area contributed by atoms with E-state index < -0.39 is 0 Å². The lowest BCUT2D eigenvalue weighted by Gasteiger charge is -2.06. The minimum atomic E-state index is 0.601. The quantitative estimate of drug-likeness (QED) is 0.269. The van der Waals surface area contributed by atoms with Crippen molar-refractivity contribution in [3.8, 4) is 5.75 Å². The molecule has 2 rings (SSSR count). The Bertz CT molecular complexity index is 608. The van der Waals surface area contributed by atoms with Gasteiger partial charge in [-0.05, 0) is 42.5 Å². The molecule has 0 aliphatic heterocycles. The highest BCUT2D eigenvalue weighted by molar-refractivity contribution is 9.09. The lowest BCUT2D eigenvalue weighted by atomic mass is 10.2. The van der Waals surface area contributed by atoms with Crippen LogP contribution in [0.2, 0.25) is 0 Å². The van der Waals surface area contributed by atoms with Crippen molar-refractivity contribution in [3.05, 3.63) is 71.8 Å². The van der Waals surface area contributed by atoms with Crippen molar-refractivity contribution in [2.24, 2.45) is 0 Å². The molecule has 2 aromatic carbocycles. The molecule has 0 radical (unpaired) electrons. The zero-order valence-electron chi connectivity index (χ0n) is 15.4. The minimum Gasteiger partial charge on any atom is -0.489 e. The van der Waals surface area contributed by atoms with Crippen LogP contribution in [-0.4, -0.2) is 18.5 Å². The third-order valence-electron chi connectivity index (χ3n) is 4.04. The van der Waals surface area contributed by atoms with Gasteiger partial charge in [-0.3, -0.25) is 0 Å². The highest BCUT2D eigenvalue weighted by Gasteiger charge is 1.96. The second-order valence-electron chi connectivity index (χ2n) is 6.25. The number of hydrogen-bond donors (Lipinski definition) is 0. The molecule has 0 saturated carbocycles. The number of hydrogen-bond acceptors (Lipinski definition) is 2. The maximum Gasteiger partial charge on any atom is 0.119 e. The predicted molar refractivity (Wildman–Crippen MR) is 114 cm³/mol. The van der Waals surface area contributed by atoms with Gasteiger partial charge in [-0.15, -0.1) is 0 Å². The highest BCUT2D eigenvalue weighted by Crippen LogP contribution is 2.15. The summed E-state index contributed by atoms with van der Waals surface area (Å²) in [4.78, 5) is 0. The van der Waals surface area contributed by atoms with Gasteiger partial charge in [0.1, 0.15) is 12.4 Å². The van der Waals surface area contributed by atoms with Crippen LogP contribution in [0.25, 0.3) is 6.08 Å². The molecule has 0 atom stereocenters. The summed E-state index contributed by atoms with van der Waals surface area (Å²) in [6, 6.07) is 18.4. The zero-order valence-corrected chi connectivity index (χ0v) is 17.0. The summed E-state index contributed by atoms with van der Waals surface area (Å²) in [7, 11) is 0. The lowest BCUT2D eigenvalue weighted by Crippen LogP contribution is -1.96. The zero-order chi connectivity index (χ0) is 18.3. The topological polar surface area (TPSA) is 18.5 Å². The number of alkyl halides is 1. The third kappa shape index (κ3) is 9.21. The van der Waals surface area contributed by atoms with Crippen LogP contribution in [0, 0.1) is 0 Å². The third-order valence-corrected chi connectivity index (χ3v) is 4.60. The van der Waals surface area contributed by atoms with Crippen LogP contribution in [0.3, 0.4) is 0 Å². The molecule has 0 N–H and O–H groups in total. The number of benzene rings is 2. The molecule has 0 amide bonds. The van der Waals surface area contributed by atoms with Crippen LogP contribution in [0.5, 0.6) is 5.75 Å². The molecule has 0 heterocycles. The van der Waals surface area contributed by atoms with Crippen molar-refractivity contribution in [3.63, 3.8) is 0 Å². The Morgan fingerprint density at radius 3 is 2.35 bits per heavy atom. The average molecular weight is 417 g/mol. The number of ether oxygens (including phenoxy) is 2. The molecule has 140 valence electrons. The van der Waals surface area contributed by atoms with Crippen LogP contribution in [0.15, 0.2) is 60.7 Å². The summed E-state index contributed by atoms with van der Waals surface area (Å²) in [6.45, 7) is 2.28. The van der Waals surface area contributed by atoms with Crippen LogP contribution in [-0.2, 0) is 11.3 Å². The summed E-state index contributed by atoms with van der Waals surface area (Å²) >= 11 is 3.46. The molecule has 2 aromatic rings. The van der Waals surface area contributed by atoms with Gasteiger partial charge in [0, 0.05) is 11.9 Å². The van der Waals surface area contributed by atoms with E-state index in [1.54, 1.807) is 0 Å². The number of halogens is 1. The molecule has 0 fully saturated rings. The van der Waals surface area contributed by atoms with Gasteiger partial charge in [0.15, 0.2) is 0 Å². The van der Waals surface area contributed by atoms with E-state index >= 15 is 0 Å². The van der Waals surface area contributed by atoms with Crippen LogP contribution >= 0.6 is 15.9 Å². The summed E-state index contributed by atoms with van der Waals surface area (Å²) in [5.74, 6) is 0.897. The molecule has 0 spiro atoms. The molecular weight excluding hydrogens is 388 g/mol. The molecule has 2 nitrogen and oxygen atoms in total. The van der Waals surface area contributed by atoms with Gasteiger partial charge in [-0.1, -0.05) is 83.4 Å². The largest absolute Gasteiger partial charge is 0.489 e. The van der Waals surface area contributed by atoms with Crippen molar-refractivity contribution in [1.82, 2.24) is 0 Å². The van der Waals surface area contributed by atoms with Crippen molar-refractivity contribution < 1.29 is 9.47 Å². The number of unbranched alkanes of at least 4 members (excludes halogenated alkanes) is 3. The molecule has 0 aliphatic rings. The molecule has 0 bridgehead atoms. The smallest absolute Gasteiger partial charge is 0.119 e. The van der Waals surface area contributed by atoms with Gasteiger partial charge < -0.3 is 9.47 Å². The Morgan fingerprint density at radius 1 is 0.808 bits per heavy atom. The SMILES string of the molecule is BrCCCCCCOCCC=Cc1ccc(OCc2ccccc2)cc1. The van der Waals surface area contributed by atoms with Gasteiger partial charge in [0.05, 0.1) is 6.61 Å². The van der Waals surface area contributed by atoms with Crippen molar-refractivity contribution in [1.29, 1.82) is 0 Å². The van der Waals surface area contributed by atoms with Crippen molar-refractivity contribution in [2.45, 2.75) is 38.7 Å². The molecule has 0 aromatic heterocycles. The molecule has 3 heteroatoms. The first-order valence-electron chi connectivity index (χ1n) is 9.45. The maximum atomic E-state index is 5.81. The van der Waals surface area contributed by atoms with E-state index in [1.807, 2.05) is 30.3 Å². The molecule has 0 unspecified atom stereocenters. The molecular formula is C23H29BrO2. The maximum absolute atomic E-state index is 5.81. The average Bonchev–Trinajstić information content (AvgIpc) is 2.69. The van der Waals surface area contributed by atoms with E-state index in [-0.39, 0.29) is 0 Å². The minimum absolute atomic E-state index is 0.601. The molecule has 0 saturated heterocycles. The van der Waals surface area contributed by atoms with E-state index in [1.165, 1.54) is 36.8 Å². The van der Waals surface area contributed by atoms with Crippen molar-refractivity contribution >= 4 is 22.0 Å². The number of rotatable bonds is 13. The fourth-order valence-corrected chi connectivity index (χ4v) is 2.94. The van der Waals surface area contributed by atoms with E-state index in [0.29, 0.717) is 6.61 Å². The second kappa shape index (κ2) is 13.6. The summed E-state index contributed by atoms with van der Waals surface area (Å²) in [6.07, 6.45) is 10.2. The first kappa shape index (κ1) is 20.7. The normalized spacial score (nSPS) is 11.1. The van der Waals surface area contributed by atoms with E-state index in [4.69, 9.17) is 9.47 Å². The van der Waals surface area contributed by atoms with Gasteiger partial charge in [-0.25, -0.2) is 0 Å². The monoisotopic (exact) mass is 416 g/mol. The Kier molecular flexibility index (Phi) is 10.8. The second-order valence-corrected chi connectivity index (χ2v) is 7.04. The predicted octanol–water partition coefficient (Wildman–Crippen LogP) is 6.64. The van der Waals surface area contributed by atoms with Gasteiger partial charge >= 0.3 is 0 Å².